The van der Waals surface area contributed by atoms with Crippen molar-refractivity contribution in [3.8, 4) is 17.0 Å². The Hall–Kier alpha value is -2.93. The number of thiophene rings is 1. The zero-order chi connectivity index (χ0) is 20.1. The number of carbonyl (C=O) groups excluding carboxylic acids is 1. The van der Waals surface area contributed by atoms with Crippen molar-refractivity contribution in [2.24, 2.45) is 5.92 Å². The van der Waals surface area contributed by atoms with Gasteiger partial charge in [-0.1, -0.05) is 6.07 Å². The highest BCUT2D eigenvalue weighted by atomic mass is 32.1. The highest BCUT2D eigenvalue weighted by molar-refractivity contribution is 7.09. The second-order valence-corrected chi connectivity index (χ2v) is 8.08. The molecule has 1 fully saturated rings. The molecule has 0 atom stereocenters. The summed E-state index contributed by atoms with van der Waals surface area (Å²) < 4.78 is 5.22. The van der Waals surface area contributed by atoms with Crippen LogP contribution in [0.2, 0.25) is 0 Å². The van der Waals surface area contributed by atoms with Crippen molar-refractivity contribution in [2.45, 2.75) is 19.4 Å². The molecule has 6 nitrogen and oxygen atoms in total. The minimum atomic E-state index is 0.0640. The van der Waals surface area contributed by atoms with E-state index in [1.165, 1.54) is 4.88 Å². The molecule has 1 aromatic carbocycles. The molecular formula is C22H24N4O2S. The first-order chi connectivity index (χ1) is 14.2. The molecule has 4 rings (SSSR count). The quantitative estimate of drug-likeness (QED) is 0.673. The van der Waals surface area contributed by atoms with Crippen LogP contribution in [0.4, 0.5) is 5.82 Å². The maximum atomic E-state index is 12.5. The fraction of sp³-hybridized carbons (Fsp3) is 0.318. The van der Waals surface area contributed by atoms with Crippen LogP contribution in [0, 0.1) is 5.92 Å². The van der Waals surface area contributed by atoms with Gasteiger partial charge in [0.05, 0.1) is 19.3 Å². The standard InChI is InChI=1S/C22H24N4O2S/c1-28-18-6-4-16(5-7-18)20-13-21(25-15-24-20)26-10-8-17(9-11-26)22(27)23-14-19-3-2-12-29-19/h2-7,12-13,15,17H,8-11,14H2,1H3,(H,23,27). The van der Waals surface area contributed by atoms with Crippen molar-refractivity contribution in [3.63, 3.8) is 0 Å². The van der Waals surface area contributed by atoms with Gasteiger partial charge in [0.25, 0.3) is 0 Å². The van der Waals surface area contributed by atoms with Crippen LogP contribution >= 0.6 is 11.3 Å². The second-order valence-electron chi connectivity index (χ2n) is 7.05. The first kappa shape index (κ1) is 19.4. The lowest BCUT2D eigenvalue weighted by Gasteiger charge is -2.32. The number of hydrogen-bond donors (Lipinski definition) is 1. The smallest absolute Gasteiger partial charge is 0.223 e. The number of nitrogens with zero attached hydrogens (tertiary/aromatic N) is 3. The number of nitrogens with one attached hydrogen (secondary N) is 1. The maximum Gasteiger partial charge on any atom is 0.223 e. The molecule has 150 valence electrons. The van der Waals surface area contributed by atoms with Gasteiger partial charge in [0.1, 0.15) is 17.9 Å². The Morgan fingerprint density at radius 2 is 2.00 bits per heavy atom. The molecule has 0 bridgehead atoms. The number of methoxy groups -OCH3 is 1. The Labute approximate surface area is 174 Å². The third-order valence-electron chi connectivity index (χ3n) is 5.25. The van der Waals surface area contributed by atoms with Crippen molar-refractivity contribution < 1.29 is 9.53 Å². The summed E-state index contributed by atoms with van der Waals surface area (Å²) in [6.45, 7) is 2.25. The van der Waals surface area contributed by atoms with Gasteiger partial charge in [0, 0.05) is 35.5 Å². The first-order valence-corrected chi connectivity index (χ1v) is 10.6. The van der Waals surface area contributed by atoms with Gasteiger partial charge in [-0.05, 0) is 48.6 Å². The molecule has 1 aliphatic rings. The number of aromatic nitrogens is 2. The lowest BCUT2D eigenvalue weighted by Crippen LogP contribution is -2.40. The summed E-state index contributed by atoms with van der Waals surface area (Å²) in [4.78, 5) is 24.7. The Kier molecular flexibility index (Phi) is 6.05. The predicted molar refractivity (Wildman–Crippen MR) is 115 cm³/mol. The van der Waals surface area contributed by atoms with Crippen LogP contribution in [0.3, 0.4) is 0 Å². The van der Waals surface area contributed by atoms with Gasteiger partial charge in [-0.2, -0.15) is 0 Å². The molecule has 0 spiro atoms. The van der Waals surface area contributed by atoms with Crippen LogP contribution in [-0.2, 0) is 11.3 Å². The second kappa shape index (κ2) is 9.05. The molecule has 0 radical (unpaired) electrons. The normalized spacial score (nSPS) is 14.6. The molecule has 7 heteroatoms. The van der Waals surface area contributed by atoms with Gasteiger partial charge < -0.3 is 15.0 Å². The van der Waals surface area contributed by atoms with Gasteiger partial charge in [-0.25, -0.2) is 9.97 Å². The molecule has 3 heterocycles. The monoisotopic (exact) mass is 408 g/mol. The third-order valence-corrected chi connectivity index (χ3v) is 6.12. The summed E-state index contributed by atoms with van der Waals surface area (Å²) in [6.07, 6.45) is 3.27. The number of carbonyl (C=O) groups is 1. The number of anilines is 1. The van der Waals surface area contributed by atoms with Crippen molar-refractivity contribution in [3.05, 3.63) is 59.0 Å². The van der Waals surface area contributed by atoms with Gasteiger partial charge in [-0.3, -0.25) is 4.79 Å². The SMILES string of the molecule is COc1ccc(-c2cc(N3CCC(C(=O)NCc4cccs4)CC3)ncn2)cc1. The van der Waals surface area contributed by atoms with Gasteiger partial charge >= 0.3 is 0 Å². The average Bonchev–Trinajstić information content (AvgIpc) is 3.31. The molecular weight excluding hydrogens is 384 g/mol. The van der Waals surface area contributed by atoms with E-state index in [0.717, 1.165) is 48.8 Å². The molecule has 0 aliphatic carbocycles. The lowest BCUT2D eigenvalue weighted by atomic mass is 9.96. The molecule has 29 heavy (non-hydrogen) atoms. The fourth-order valence-electron chi connectivity index (χ4n) is 3.54. The predicted octanol–water partition coefficient (Wildman–Crippen LogP) is 3.75. The fourth-order valence-corrected chi connectivity index (χ4v) is 4.19. The Bertz CT molecular complexity index is 936. The van der Waals surface area contributed by atoms with Crippen LogP contribution in [0.5, 0.6) is 5.75 Å². The zero-order valence-electron chi connectivity index (χ0n) is 16.4. The minimum absolute atomic E-state index is 0.0640. The molecule has 1 aliphatic heterocycles. The molecule has 3 aromatic rings. The van der Waals surface area contributed by atoms with E-state index >= 15 is 0 Å². The van der Waals surface area contributed by atoms with Crippen molar-refractivity contribution >= 4 is 23.1 Å². The largest absolute Gasteiger partial charge is 0.497 e. The summed E-state index contributed by atoms with van der Waals surface area (Å²) >= 11 is 1.67. The van der Waals surface area contributed by atoms with E-state index in [-0.39, 0.29) is 11.8 Å². The average molecular weight is 409 g/mol. The van der Waals surface area contributed by atoms with E-state index < -0.39 is 0 Å². The Morgan fingerprint density at radius 1 is 1.21 bits per heavy atom. The highest BCUT2D eigenvalue weighted by Crippen LogP contribution is 2.26. The topological polar surface area (TPSA) is 67.3 Å². The van der Waals surface area contributed by atoms with E-state index in [1.54, 1.807) is 24.8 Å². The van der Waals surface area contributed by atoms with E-state index in [0.29, 0.717) is 6.54 Å². The molecule has 0 saturated carbocycles. The molecule has 1 saturated heterocycles. The Morgan fingerprint density at radius 3 is 2.69 bits per heavy atom. The number of rotatable bonds is 6. The Balaban J connectivity index is 1.35. The van der Waals surface area contributed by atoms with Gasteiger partial charge in [0.2, 0.25) is 5.91 Å². The number of ether oxygens (including phenoxy) is 1. The molecule has 2 aromatic heterocycles. The molecule has 1 N–H and O–H groups in total. The summed E-state index contributed by atoms with van der Waals surface area (Å²) in [5.41, 5.74) is 1.91. The van der Waals surface area contributed by atoms with Crippen LogP contribution in [0.1, 0.15) is 17.7 Å². The van der Waals surface area contributed by atoms with E-state index in [4.69, 9.17) is 4.74 Å². The van der Waals surface area contributed by atoms with Gasteiger partial charge in [-0.15, -0.1) is 11.3 Å². The van der Waals surface area contributed by atoms with E-state index in [2.05, 4.69) is 20.2 Å². The van der Waals surface area contributed by atoms with Crippen molar-refractivity contribution in [2.75, 3.05) is 25.1 Å². The number of amides is 1. The summed E-state index contributed by atoms with van der Waals surface area (Å²) in [7, 11) is 1.66. The number of benzene rings is 1. The van der Waals surface area contributed by atoms with Crippen LogP contribution < -0.4 is 15.0 Å². The molecule has 0 unspecified atom stereocenters. The van der Waals surface area contributed by atoms with Gasteiger partial charge in [0.15, 0.2) is 0 Å². The first-order valence-electron chi connectivity index (χ1n) is 9.74. The van der Waals surface area contributed by atoms with Crippen molar-refractivity contribution in [1.82, 2.24) is 15.3 Å². The minimum Gasteiger partial charge on any atom is -0.497 e. The third kappa shape index (κ3) is 4.74. The summed E-state index contributed by atoms with van der Waals surface area (Å²) in [5.74, 6) is 1.94. The maximum absolute atomic E-state index is 12.5. The molecule has 1 amide bonds. The van der Waals surface area contributed by atoms with Crippen molar-refractivity contribution in [1.29, 1.82) is 0 Å². The lowest BCUT2D eigenvalue weighted by molar-refractivity contribution is -0.125. The van der Waals surface area contributed by atoms with Crippen LogP contribution in [0.25, 0.3) is 11.3 Å². The zero-order valence-corrected chi connectivity index (χ0v) is 17.2. The highest BCUT2D eigenvalue weighted by Gasteiger charge is 2.25. The summed E-state index contributed by atoms with van der Waals surface area (Å²) in [5, 5.41) is 5.10. The summed E-state index contributed by atoms with van der Waals surface area (Å²) in [6, 6.07) is 13.9. The van der Waals surface area contributed by atoms with Crippen LogP contribution in [0.15, 0.2) is 54.2 Å². The van der Waals surface area contributed by atoms with Crippen LogP contribution in [-0.4, -0.2) is 36.1 Å². The van der Waals surface area contributed by atoms with E-state index in [1.807, 2.05) is 47.8 Å². The van der Waals surface area contributed by atoms with E-state index in [9.17, 15) is 4.79 Å². The number of hydrogen-bond acceptors (Lipinski definition) is 6. The number of piperidine rings is 1.